The van der Waals surface area contributed by atoms with Gasteiger partial charge in [0, 0.05) is 23.6 Å². The second-order valence-corrected chi connectivity index (χ2v) is 7.89. The van der Waals surface area contributed by atoms with Crippen LogP contribution in [-0.2, 0) is 0 Å². The van der Waals surface area contributed by atoms with Gasteiger partial charge in [-0.25, -0.2) is 4.98 Å². The second kappa shape index (κ2) is 9.47. The summed E-state index contributed by atoms with van der Waals surface area (Å²) in [6.07, 6.45) is 3.41. The fourth-order valence-electron chi connectivity index (χ4n) is 3.43. The van der Waals surface area contributed by atoms with Gasteiger partial charge >= 0.3 is 0 Å². The minimum Gasteiger partial charge on any atom is -0.456 e. The van der Waals surface area contributed by atoms with E-state index in [0.29, 0.717) is 11.7 Å². The number of anilines is 3. The molecule has 2 heterocycles. The van der Waals surface area contributed by atoms with Crippen LogP contribution in [0.2, 0.25) is 0 Å². The maximum atomic E-state index is 5.82. The van der Waals surface area contributed by atoms with E-state index in [1.165, 1.54) is 11.1 Å². The molecule has 0 spiro atoms. The van der Waals surface area contributed by atoms with E-state index in [2.05, 4.69) is 64.6 Å². The molecule has 0 fully saturated rings. The van der Waals surface area contributed by atoms with Crippen LogP contribution in [0.1, 0.15) is 35.3 Å². The van der Waals surface area contributed by atoms with E-state index in [-0.39, 0.29) is 6.04 Å². The fourth-order valence-corrected chi connectivity index (χ4v) is 3.43. The maximum absolute atomic E-state index is 5.82. The van der Waals surface area contributed by atoms with Crippen molar-refractivity contribution in [3.63, 3.8) is 0 Å². The van der Waals surface area contributed by atoms with Crippen LogP contribution in [0, 0.1) is 20.8 Å². The van der Waals surface area contributed by atoms with E-state index >= 15 is 0 Å². The predicted molar refractivity (Wildman–Crippen MR) is 129 cm³/mol. The molecule has 2 N–H and O–H groups in total. The minimum absolute atomic E-state index is 0.0261. The Hall–Kier alpha value is -3.93. The van der Waals surface area contributed by atoms with Crippen LogP contribution in [0.25, 0.3) is 0 Å². The van der Waals surface area contributed by atoms with Crippen molar-refractivity contribution in [3.05, 3.63) is 95.4 Å². The van der Waals surface area contributed by atoms with E-state index in [1.54, 1.807) is 12.4 Å². The molecule has 6 heteroatoms. The lowest BCUT2D eigenvalue weighted by molar-refractivity contribution is 0.480. The van der Waals surface area contributed by atoms with Crippen molar-refractivity contribution in [1.29, 1.82) is 0 Å². The first-order valence-corrected chi connectivity index (χ1v) is 10.6. The lowest BCUT2D eigenvalue weighted by Crippen LogP contribution is -2.11. The molecule has 0 aliphatic carbocycles. The maximum Gasteiger partial charge on any atom is 0.225 e. The number of hydrogen-bond acceptors (Lipinski definition) is 6. The SMILES string of the molecule is Cc1ccc(Nc2cc(C)nc(NC(C)c3ccc(Oc4cccnc4)cc3)n2)c(C)c1. The summed E-state index contributed by atoms with van der Waals surface area (Å²) < 4.78 is 5.82. The van der Waals surface area contributed by atoms with Gasteiger partial charge in [-0.15, -0.1) is 0 Å². The Morgan fingerprint density at radius 1 is 0.875 bits per heavy atom. The van der Waals surface area contributed by atoms with E-state index in [0.717, 1.165) is 28.5 Å². The molecular formula is C26H27N5O. The van der Waals surface area contributed by atoms with Crippen molar-refractivity contribution in [2.24, 2.45) is 0 Å². The summed E-state index contributed by atoms with van der Waals surface area (Å²) in [7, 11) is 0. The van der Waals surface area contributed by atoms with Gasteiger partial charge in [0.15, 0.2) is 0 Å². The van der Waals surface area contributed by atoms with Gasteiger partial charge in [0.25, 0.3) is 0 Å². The highest BCUT2D eigenvalue weighted by atomic mass is 16.5. The topological polar surface area (TPSA) is 72.0 Å². The highest BCUT2D eigenvalue weighted by Crippen LogP contribution is 2.25. The van der Waals surface area contributed by atoms with Crippen LogP contribution in [0.3, 0.4) is 0 Å². The molecule has 2 aromatic heterocycles. The number of pyridine rings is 1. The van der Waals surface area contributed by atoms with Crippen LogP contribution >= 0.6 is 0 Å². The Bertz CT molecular complexity index is 1190. The van der Waals surface area contributed by atoms with Crippen molar-refractivity contribution in [1.82, 2.24) is 15.0 Å². The third kappa shape index (κ3) is 5.40. The number of nitrogens with one attached hydrogen (secondary N) is 2. The van der Waals surface area contributed by atoms with Crippen molar-refractivity contribution < 1.29 is 4.74 Å². The molecule has 0 saturated carbocycles. The van der Waals surface area contributed by atoms with Gasteiger partial charge in [0.2, 0.25) is 5.95 Å². The molecular weight excluding hydrogens is 398 g/mol. The summed E-state index contributed by atoms with van der Waals surface area (Å²) >= 11 is 0. The molecule has 4 aromatic rings. The van der Waals surface area contributed by atoms with Gasteiger partial charge in [-0.1, -0.05) is 29.8 Å². The molecule has 0 amide bonds. The molecule has 32 heavy (non-hydrogen) atoms. The molecule has 162 valence electrons. The molecule has 1 atom stereocenters. The zero-order valence-electron chi connectivity index (χ0n) is 18.8. The summed E-state index contributed by atoms with van der Waals surface area (Å²) in [6, 6.07) is 20.0. The quantitative estimate of drug-likeness (QED) is 0.352. The summed E-state index contributed by atoms with van der Waals surface area (Å²) in [6.45, 7) is 8.23. The first kappa shape index (κ1) is 21.3. The average Bonchev–Trinajstić information content (AvgIpc) is 2.76. The van der Waals surface area contributed by atoms with E-state index in [9.17, 15) is 0 Å². The monoisotopic (exact) mass is 425 g/mol. The molecule has 0 saturated heterocycles. The number of nitrogens with zero attached hydrogens (tertiary/aromatic N) is 3. The average molecular weight is 426 g/mol. The first-order chi connectivity index (χ1) is 15.5. The number of rotatable bonds is 7. The number of aryl methyl sites for hydroxylation is 3. The highest BCUT2D eigenvalue weighted by molar-refractivity contribution is 5.62. The smallest absolute Gasteiger partial charge is 0.225 e. The Labute approximate surface area is 188 Å². The van der Waals surface area contributed by atoms with E-state index in [4.69, 9.17) is 4.74 Å². The van der Waals surface area contributed by atoms with Crippen LogP contribution in [0.5, 0.6) is 11.5 Å². The van der Waals surface area contributed by atoms with Crippen LogP contribution in [-0.4, -0.2) is 15.0 Å². The number of benzene rings is 2. The highest BCUT2D eigenvalue weighted by Gasteiger charge is 2.10. The molecule has 4 rings (SSSR count). The number of aromatic nitrogens is 3. The molecule has 0 radical (unpaired) electrons. The van der Waals surface area contributed by atoms with Crippen LogP contribution in [0.4, 0.5) is 17.5 Å². The molecule has 0 aliphatic rings. The molecule has 1 unspecified atom stereocenters. The normalized spacial score (nSPS) is 11.6. The van der Waals surface area contributed by atoms with Gasteiger partial charge in [-0.3, -0.25) is 4.98 Å². The van der Waals surface area contributed by atoms with Crippen molar-refractivity contribution in [3.8, 4) is 11.5 Å². The van der Waals surface area contributed by atoms with E-state index < -0.39 is 0 Å². The minimum atomic E-state index is 0.0261. The molecule has 0 aliphatic heterocycles. The summed E-state index contributed by atoms with van der Waals surface area (Å²) in [5.74, 6) is 2.82. The summed E-state index contributed by atoms with van der Waals surface area (Å²) in [4.78, 5) is 13.3. The van der Waals surface area contributed by atoms with Gasteiger partial charge in [-0.2, -0.15) is 4.98 Å². The van der Waals surface area contributed by atoms with Crippen molar-refractivity contribution in [2.75, 3.05) is 10.6 Å². The predicted octanol–water partition coefficient (Wildman–Crippen LogP) is 6.51. The third-order valence-electron chi connectivity index (χ3n) is 5.09. The summed E-state index contributed by atoms with van der Waals surface area (Å²) in [5.41, 5.74) is 5.45. The standard InChI is InChI=1S/C26H27N5O/c1-17-7-12-24(18(2)14-17)30-25-15-19(3)28-26(31-25)29-20(4)21-8-10-22(11-9-21)32-23-6-5-13-27-16-23/h5-16,20H,1-4H3,(H2,28,29,30,31). The number of hydrogen-bond donors (Lipinski definition) is 2. The molecule has 6 nitrogen and oxygen atoms in total. The largest absolute Gasteiger partial charge is 0.456 e. The summed E-state index contributed by atoms with van der Waals surface area (Å²) in [5, 5.41) is 6.82. The Morgan fingerprint density at radius 3 is 2.41 bits per heavy atom. The molecule has 0 bridgehead atoms. The van der Waals surface area contributed by atoms with Crippen molar-refractivity contribution >= 4 is 17.5 Å². The van der Waals surface area contributed by atoms with Gasteiger partial charge in [-0.05, 0) is 69.2 Å². The van der Waals surface area contributed by atoms with Crippen LogP contribution < -0.4 is 15.4 Å². The zero-order valence-corrected chi connectivity index (χ0v) is 18.8. The lowest BCUT2D eigenvalue weighted by atomic mass is 10.1. The van der Waals surface area contributed by atoms with Crippen LogP contribution in [0.15, 0.2) is 73.1 Å². The van der Waals surface area contributed by atoms with E-state index in [1.807, 2.05) is 49.4 Å². The second-order valence-electron chi connectivity index (χ2n) is 7.89. The first-order valence-electron chi connectivity index (χ1n) is 10.6. The number of ether oxygens (including phenoxy) is 1. The zero-order chi connectivity index (χ0) is 22.5. The molecule has 2 aromatic carbocycles. The Kier molecular flexibility index (Phi) is 6.31. The van der Waals surface area contributed by atoms with Gasteiger partial charge in [0.05, 0.1) is 12.2 Å². The van der Waals surface area contributed by atoms with Gasteiger partial charge < -0.3 is 15.4 Å². The lowest BCUT2D eigenvalue weighted by Gasteiger charge is -2.17. The van der Waals surface area contributed by atoms with Crippen molar-refractivity contribution in [2.45, 2.75) is 33.7 Å². The Balaban J connectivity index is 1.45. The van der Waals surface area contributed by atoms with Gasteiger partial charge in [0.1, 0.15) is 17.3 Å². The Morgan fingerprint density at radius 2 is 1.69 bits per heavy atom. The fraction of sp³-hybridized carbons (Fsp3) is 0.192. The third-order valence-corrected chi connectivity index (χ3v) is 5.09.